The van der Waals surface area contributed by atoms with Crippen LogP contribution in [0.4, 0.5) is 5.69 Å². The molecule has 1 aliphatic heterocycles. The van der Waals surface area contributed by atoms with E-state index in [1.807, 2.05) is 48.7 Å². The first-order valence-corrected chi connectivity index (χ1v) is 9.66. The maximum atomic E-state index is 5.72. The van der Waals surface area contributed by atoms with Gasteiger partial charge in [0, 0.05) is 16.8 Å². The van der Waals surface area contributed by atoms with Gasteiger partial charge in [-0.1, -0.05) is 6.07 Å². The Morgan fingerprint density at radius 3 is 2.58 bits per heavy atom. The molecule has 26 heavy (non-hydrogen) atoms. The number of rotatable bonds is 4. The Labute approximate surface area is 162 Å². The van der Waals surface area contributed by atoms with Crippen LogP contribution < -0.4 is 15.0 Å². The molecule has 3 heterocycles. The average Bonchev–Trinajstić information content (AvgIpc) is 3.25. The van der Waals surface area contributed by atoms with Gasteiger partial charge in [0.2, 0.25) is 0 Å². The molecular weight excluding hydrogens is 362 g/mol. The zero-order chi connectivity index (χ0) is 18.1. The fourth-order valence-corrected chi connectivity index (χ4v) is 4.73. The second-order valence-electron chi connectivity index (χ2n) is 6.16. The molecule has 2 unspecified atom stereocenters. The summed E-state index contributed by atoms with van der Waals surface area (Å²) in [4.78, 5) is 8.06. The van der Waals surface area contributed by atoms with E-state index < -0.39 is 0 Å². The van der Waals surface area contributed by atoms with E-state index in [-0.39, 0.29) is 12.1 Å². The first-order valence-electron chi connectivity index (χ1n) is 8.37. The van der Waals surface area contributed by atoms with Gasteiger partial charge < -0.3 is 15.0 Å². The molecule has 2 atom stereocenters. The highest BCUT2D eigenvalue weighted by molar-refractivity contribution is 7.80. The van der Waals surface area contributed by atoms with E-state index in [1.54, 1.807) is 18.4 Å². The van der Waals surface area contributed by atoms with E-state index in [1.165, 1.54) is 10.4 Å². The quantitative estimate of drug-likeness (QED) is 0.667. The number of ether oxygens (including phenoxy) is 1. The third-order valence-corrected chi connectivity index (χ3v) is 6.02. The van der Waals surface area contributed by atoms with E-state index in [9.17, 15) is 0 Å². The van der Waals surface area contributed by atoms with Gasteiger partial charge in [-0.3, -0.25) is 4.98 Å². The molecule has 1 saturated heterocycles. The van der Waals surface area contributed by atoms with Crippen molar-refractivity contribution in [3.05, 3.63) is 76.2 Å². The molecule has 2 aromatic heterocycles. The van der Waals surface area contributed by atoms with Crippen LogP contribution >= 0.6 is 23.6 Å². The van der Waals surface area contributed by atoms with Crippen LogP contribution in [0.1, 0.15) is 28.2 Å². The summed E-state index contributed by atoms with van der Waals surface area (Å²) in [5, 5.41) is 6.33. The molecule has 132 valence electrons. The SMILES string of the molecule is COc1ccc(N2C(=S)NC(c3ccccn3)C2c2sccc2C)cc1. The van der Waals surface area contributed by atoms with Crippen molar-refractivity contribution in [2.75, 3.05) is 12.0 Å². The number of nitrogens with one attached hydrogen (secondary N) is 1. The summed E-state index contributed by atoms with van der Waals surface area (Å²) in [6, 6.07) is 16.2. The number of hydrogen-bond donors (Lipinski definition) is 1. The maximum absolute atomic E-state index is 5.72. The largest absolute Gasteiger partial charge is 0.497 e. The molecule has 0 radical (unpaired) electrons. The van der Waals surface area contributed by atoms with Gasteiger partial charge in [-0.25, -0.2) is 0 Å². The molecule has 3 aromatic rings. The number of methoxy groups -OCH3 is 1. The van der Waals surface area contributed by atoms with Gasteiger partial charge in [0.1, 0.15) is 5.75 Å². The van der Waals surface area contributed by atoms with Crippen LogP contribution in [0.15, 0.2) is 60.1 Å². The van der Waals surface area contributed by atoms with Crippen LogP contribution in [0.2, 0.25) is 0 Å². The summed E-state index contributed by atoms with van der Waals surface area (Å²) in [6.45, 7) is 2.15. The molecule has 1 N–H and O–H groups in total. The van der Waals surface area contributed by atoms with Gasteiger partial charge in [0.05, 0.1) is 24.9 Å². The van der Waals surface area contributed by atoms with Crippen LogP contribution in [0.5, 0.6) is 5.75 Å². The first kappa shape index (κ1) is 17.0. The standard InChI is InChI=1S/C20H19N3OS2/c1-13-10-12-26-19(13)18-17(16-5-3-4-11-21-16)22-20(25)23(18)14-6-8-15(24-2)9-7-14/h3-12,17-18H,1-2H3,(H,22,25). The number of benzene rings is 1. The molecule has 1 aromatic carbocycles. The number of aromatic nitrogens is 1. The molecule has 4 rings (SSSR count). The lowest BCUT2D eigenvalue weighted by atomic mass is 10.0. The predicted octanol–water partition coefficient (Wildman–Crippen LogP) is 4.64. The number of aryl methyl sites for hydroxylation is 1. The van der Waals surface area contributed by atoms with Crippen LogP contribution in [0.3, 0.4) is 0 Å². The average molecular weight is 382 g/mol. The van der Waals surface area contributed by atoms with E-state index in [2.05, 4.69) is 33.6 Å². The summed E-state index contributed by atoms with van der Waals surface area (Å²) in [5.74, 6) is 0.831. The molecule has 0 spiro atoms. The normalized spacial score (nSPS) is 19.5. The van der Waals surface area contributed by atoms with E-state index in [0.717, 1.165) is 17.1 Å². The number of thiocarbonyl (C=S) groups is 1. The highest BCUT2D eigenvalue weighted by Gasteiger charge is 2.41. The molecule has 4 nitrogen and oxygen atoms in total. The maximum Gasteiger partial charge on any atom is 0.174 e. The van der Waals surface area contributed by atoms with Crippen molar-refractivity contribution in [3.8, 4) is 5.75 Å². The lowest BCUT2D eigenvalue weighted by Gasteiger charge is -2.27. The first-order chi connectivity index (χ1) is 12.7. The number of nitrogens with zero attached hydrogens (tertiary/aromatic N) is 2. The van der Waals surface area contributed by atoms with Crippen molar-refractivity contribution >= 4 is 34.4 Å². The third-order valence-electron chi connectivity index (χ3n) is 4.62. The van der Waals surface area contributed by atoms with Crippen LogP contribution in [-0.4, -0.2) is 17.2 Å². The topological polar surface area (TPSA) is 37.4 Å². The van der Waals surface area contributed by atoms with Crippen molar-refractivity contribution in [2.24, 2.45) is 0 Å². The Morgan fingerprint density at radius 1 is 1.15 bits per heavy atom. The highest BCUT2D eigenvalue weighted by atomic mass is 32.1. The van der Waals surface area contributed by atoms with Crippen LogP contribution in [-0.2, 0) is 0 Å². The molecule has 0 amide bonds. The fourth-order valence-electron chi connectivity index (χ4n) is 3.33. The van der Waals surface area contributed by atoms with Crippen molar-refractivity contribution < 1.29 is 4.74 Å². The molecule has 0 bridgehead atoms. The molecule has 1 aliphatic rings. The lowest BCUT2D eigenvalue weighted by Crippen LogP contribution is -2.29. The van der Waals surface area contributed by atoms with Crippen LogP contribution in [0.25, 0.3) is 0 Å². The van der Waals surface area contributed by atoms with Crippen molar-refractivity contribution in [1.82, 2.24) is 10.3 Å². The van der Waals surface area contributed by atoms with Gasteiger partial charge >= 0.3 is 0 Å². The monoisotopic (exact) mass is 381 g/mol. The summed E-state index contributed by atoms with van der Waals surface area (Å²) in [7, 11) is 1.67. The summed E-state index contributed by atoms with van der Waals surface area (Å²) in [6.07, 6.45) is 1.83. The van der Waals surface area contributed by atoms with Gasteiger partial charge in [0.15, 0.2) is 5.11 Å². The Balaban J connectivity index is 1.81. The molecular formula is C20H19N3OS2. The van der Waals surface area contributed by atoms with E-state index >= 15 is 0 Å². The summed E-state index contributed by atoms with van der Waals surface area (Å²) < 4.78 is 5.29. The Hall–Kier alpha value is -2.44. The minimum atomic E-state index is 0.00292. The molecule has 1 fully saturated rings. The smallest absolute Gasteiger partial charge is 0.174 e. The van der Waals surface area contributed by atoms with Crippen molar-refractivity contribution in [3.63, 3.8) is 0 Å². The molecule has 6 heteroatoms. The Kier molecular flexibility index (Phi) is 4.61. The summed E-state index contributed by atoms with van der Waals surface area (Å²) >= 11 is 7.48. The van der Waals surface area contributed by atoms with Gasteiger partial charge in [-0.05, 0) is 72.5 Å². The minimum absolute atomic E-state index is 0.00292. The number of anilines is 1. The zero-order valence-corrected chi connectivity index (χ0v) is 16.2. The third kappa shape index (κ3) is 2.95. The number of hydrogen-bond acceptors (Lipinski definition) is 4. The van der Waals surface area contributed by atoms with Crippen molar-refractivity contribution in [1.29, 1.82) is 0 Å². The lowest BCUT2D eigenvalue weighted by molar-refractivity contribution is 0.415. The minimum Gasteiger partial charge on any atom is -0.497 e. The van der Waals surface area contributed by atoms with E-state index in [4.69, 9.17) is 17.0 Å². The Bertz CT molecular complexity index is 908. The predicted molar refractivity (Wildman–Crippen MR) is 110 cm³/mol. The molecule has 0 saturated carbocycles. The van der Waals surface area contributed by atoms with Crippen molar-refractivity contribution in [2.45, 2.75) is 19.0 Å². The second-order valence-corrected chi connectivity index (χ2v) is 7.50. The summed E-state index contributed by atoms with van der Waals surface area (Å²) in [5.41, 5.74) is 3.30. The number of thiophene rings is 1. The number of pyridine rings is 1. The van der Waals surface area contributed by atoms with Gasteiger partial charge in [0.25, 0.3) is 0 Å². The fraction of sp³-hybridized carbons (Fsp3) is 0.200. The Morgan fingerprint density at radius 2 is 1.96 bits per heavy atom. The zero-order valence-electron chi connectivity index (χ0n) is 14.5. The van der Waals surface area contributed by atoms with Crippen LogP contribution in [0, 0.1) is 6.92 Å². The highest BCUT2D eigenvalue weighted by Crippen LogP contribution is 2.44. The van der Waals surface area contributed by atoms with E-state index in [0.29, 0.717) is 5.11 Å². The van der Waals surface area contributed by atoms with Gasteiger partial charge in [-0.2, -0.15) is 0 Å². The van der Waals surface area contributed by atoms with Gasteiger partial charge in [-0.15, -0.1) is 11.3 Å². The second kappa shape index (κ2) is 7.05. The molecule has 0 aliphatic carbocycles.